The number of nitrogen functional groups attached to an aromatic ring is 1. The fraction of sp³-hybridized carbons (Fsp3) is 0.444. The zero-order valence-corrected chi connectivity index (χ0v) is 8.92. The fourth-order valence-electron chi connectivity index (χ4n) is 1.04. The normalized spacial score (nSPS) is 12.5. The summed E-state index contributed by atoms with van der Waals surface area (Å²) < 4.78 is 0. The summed E-state index contributed by atoms with van der Waals surface area (Å²) in [5, 5.41) is 9.15. The van der Waals surface area contributed by atoms with E-state index in [0.29, 0.717) is 11.1 Å². The van der Waals surface area contributed by atoms with Gasteiger partial charge in [-0.3, -0.25) is 0 Å². The molecule has 4 nitrogen and oxygen atoms in total. The molecule has 0 aliphatic heterocycles. The number of anilines is 1. The first-order chi connectivity index (χ1) is 6.76. The third kappa shape index (κ3) is 3.53. The smallest absolute Gasteiger partial charge is 0.140 e. The summed E-state index contributed by atoms with van der Waals surface area (Å²) >= 11 is 1.70. The largest absolute Gasteiger partial charge is 0.396 e. The molecule has 1 aromatic rings. The SMILES string of the molecule is CC(CCO)Sc1ccnc(NN)c1. The summed E-state index contributed by atoms with van der Waals surface area (Å²) in [5.74, 6) is 5.90. The molecule has 5 heteroatoms. The molecule has 0 bridgehead atoms. The highest BCUT2D eigenvalue weighted by atomic mass is 32.2. The number of aliphatic hydroxyl groups is 1. The number of nitrogens with two attached hydrogens (primary N) is 1. The molecule has 0 spiro atoms. The van der Waals surface area contributed by atoms with Gasteiger partial charge in [0.1, 0.15) is 5.82 Å². The molecule has 0 radical (unpaired) electrons. The van der Waals surface area contributed by atoms with E-state index in [1.54, 1.807) is 18.0 Å². The summed E-state index contributed by atoms with van der Waals surface area (Å²) in [6.07, 6.45) is 2.50. The standard InChI is InChI=1S/C9H15N3OS/c1-7(3-5-13)14-8-2-4-11-9(6-8)12-10/h2,4,6-7,13H,3,5,10H2,1H3,(H,11,12). The third-order valence-electron chi connectivity index (χ3n) is 1.75. The van der Waals surface area contributed by atoms with E-state index in [2.05, 4.69) is 17.3 Å². The van der Waals surface area contributed by atoms with Gasteiger partial charge in [0.05, 0.1) is 0 Å². The van der Waals surface area contributed by atoms with Crippen LogP contribution in [0.15, 0.2) is 23.2 Å². The number of thioether (sulfide) groups is 1. The van der Waals surface area contributed by atoms with Crippen LogP contribution in [0, 0.1) is 0 Å². The van der Waals surface area contributed by atoms with Gasteiger partial charge in [0, 0.05) is 22.9 Å². The summed E-state index contributed by atoms with van der Waals surface area (Å²) in [6.45, 7) is 2.30. The maximum atomic E-state index is 8.76. The van der Waals surface area contributed by atoms with E-state index >= 15 is 0 Å². The summed E-state index contributed by atoms with van der Waals surface area (Å²) in [4.78, 5) is 5.12. The van der Waals surface area contributed by atoms with Gasteiger partial charge in [-0.2, -0.15) is 0 Å². The first kappa shape index (κ1) is 11.3. The van der Waals surface area contributed by atoms with Crippen LogP contribution in [-0.2, 0) is 0 Å². The molecule has 1 unspecified atom stereocenters. The van der Waals surface area contributed by atoms with Crippen molar-refractivity contribution in [3.05, 3.63) is 18.3 Å². The molecular formula is C9H15N3OS. The van der Waals surface area contributed by atoms with Crippen molar-refractivity contribution in [3.8, 4) is 0 Å². The zero-order valence-electron chi connectivity index (χ0n) is 8.10. The Morgan fingerprint density at radius 1 is 1.71 bits per heavy atom. The maximum Gasteiger partial charge on any atom is 0.140 e. The molecule has 0 saturated carbocycles. The van der Waals surface area contributed by atoms with Gasteiger partial charge < -0.3 is 10.5 Å². The van der Waals surface area contributed by atoms with Crippen molar-refractivity contribution in [3.63, 3.8) is 0 Å². The van der Waals surface area contributed by atoms with Gasteiger partial charge in [0.2, 0.25) is 0 Å². The van der Waals surface area contributed by atoms with E-state index in [1.165, 1.54) is 0 Å². The number of pyridine rings is 1. The van der Waals surface area contributed by atoms with Crippen molar-refractivity contribution in [2.24, 2.45) is 5.84 Å². The highest BCUT2D eigenvalue weighted by Crippen LogP contribution is 2.25. The third-order valence-corrected chi connectivity index (χ3v) is 2.92. The lowest BCUT2D eigenvalue weighted by Crippen LogP contribution is -2.08. The van der Waals surface area contributed by atoms with E-state index < -0.39 is 0 Å². The Labute approximate surface area is 87.9 Å². The second-order valence-electron chi connectivity index (χ2n) is 2.96. The molecule has 0 amide bonds. The minimum absolute atomic E-state index is 0.223. The first-order valence-corrected chi connectivity index (χ1v) is 5.34. The second kappa shape index (κ2) is 5.85. The van der Waals surface area contributed by atoms with Crippen molar-refractivity contribution >= 4 is 17.6 Å². The molecule has 78 valence electrons. The van der Waals surface area contributed by atoms with Crippen LogP contribution >= 0.6 is 11.8 Å². The molecule has 0 aromatic carbocycles. The Morgan fingerprint density at radius 2 is 2.50 bits per heavy atom. The van der Waals surface area contributed by atoms with Crippen LogP contribution in [0.3, 0.4) is 0 Å². The lowest BCUT2D eigenvalue weighted by molar-refractivity contribution is 0.289. The monoisotopic (exact) mass is 213 g/mol. The van der Waals surface area contributed by atoms with Crippen LogP contribution < -0.4 is 11.3 Å². The number of nitrogens with zero attached hydrogens (tertiary/aromatic N) is 1. The minimum atomic E-state index is 0.223. The Kier molecular flexibility index (Phi) is 4.72. The number of nitrogens with one attached hydrogen (secondary N) is 1. The van der Waals surface area contributed by atoms with Gasteiger partial charge in [-0.25, -0.2) is 10.8 Å². The maximum absolute atomic E-state index is 8.76. The minimum Gasteiger partial charge on any atom is -0.396 e. The number of hydrazine groups is 1. The van der Waals surface area contributed by atoms with Gasteiger partial charge >= 0.3 is 0 Å². The topological polar surface area (TPSA) is 71.2 Å². The number of aromatic nitrogens is 1. The van der Waals surface area contributed by atoms with Crippen molar-refractivity contribution in [2.45, 2.75) is 23.5 Å². The van der Waals surface area contributed by atoms with Gasteiger partial charge in [0.25, 0.3) is 0 Å². The van der Waals surface area contributed by atoms with Crippen LogP contribution in [0.5, 0.6) is 0 Å². The van der Waals surface area contributed by atoms with Gasteiger partial charge in [-0.1, -0.05) is 6.92 Å². The van der Waals surface area contributed by atoms with Crippen LogP contribution in [0.1, 0.15) is 13.3 Å². The summed E-state index contributed by atoms with van der Waals surface area (Å²) in [7, 11) is 0. The fourth-order valence-corrected chi connectivity index (χ4v) is 2.04. The molecule has 0 fully saturated rings. The molecule has 0 aliphatic carbocycles. The highest BCUT2D eigenvalue weighted by Gasteiger charge is 2.04. The molecule has 0 aliphatic rings. The molecule has 1 heterocycles. The molecule has 1 atom stereocenters. The molecular weight excluding hydrogens is 198 g/mol. The zero-order chi connectivity index (χ0) is 10.4. The van der Waals surface area contributed by atoms with Crippen LogP contribution in [0.2, 0.25) is 0 Å². The van der Waals surface area contributed by atoms with Crippen LogP contribution in [0.4, 0.5) is 5.82 Å². The molecule has 0 saturated heterocycles. The van der Waals surface area contributed by atoms with Crippen molar-refractivity contribution in [2.75, 3.05) is 12.0 Å². The molecule has 1 aromatic heterocycles. The molecule has 1 rings (SSSR count). The van der Waals surface area contributed by atoms with Crippen molar-refractivity contribution < 1.29 is 5.11 Å². The lowest BCUT2D eigenvalue weighted by atomic mass is 10.3. The second-order valence-corrected chi connectivity index (χ2v) is 4.47. The Morgan fingerprint density at radius 3 is 3.14 bits per heavy atom. The number of aliphatic hydroxyl groups excluding tert-OH is 1. The number of hydrogen-bond donors (Lipinski definition) is 3. The van der Waals surface area contributed by atoms with E-state index in [-0.39, 0.29) is 6.61 Å². The van der Waals surface area contributed by atoms with Crippen LogP contribution in [0.25, 0.3) is 0 Å². The number of hydrogen-bond acceptors (Lipinski definition) is 5. The van der Waals surface area contributed by atoms with Gasteiger partial charge in [-0.05, 0) is 18.6 Å². The average molecular weight is 213 g/mol. The predicted molar refractivity (Wildman–Crippen MR) is 59.1 cm³/mol. The van der Waals surface area contributed by atoms with Crippen molar-refractivity contribution in [1.82, 2.24) is 4.98 Å². The van der Waals surface area contributed by atoms with E-state index in [9.17, 15) is 0 Å². The van der Waals surface area contributed by atoms with Gasteiger partial charge in [0.15, 0.2) is 0 Å². The Balaban J connectivity index is 2.57. The first-order valence-electron chi connectivity index (χ1n) is 4.46. The summed E-state index contributed by atoms with van der Waals surface area (Å²) in [6, 6.07) is 3.82. The Bertz CT molecular complexity index is 283. The average Bonchev–Trinajstić information content (AvgIpc) is 2.18. The van der Waals surface area contributed by atoms with E-state index in [0.717, 1.165) is 11.3 Å². The quantitative estimate of drug-likeness (QED) is 0.390. The molecule has 4 N–H and O–H groups in total. The summed E-state index contributed by atoms with van der Waals surface area (Å²) in [5.41, 5.74) is 2.50. The van der Waals surface area contributed by atoms with Crippen molar-refractivity contribution in [1.29, 1.82) is 0 Å². The number of rotatable bonds is 5. The van der Waals surface area contributed by atoms with Gasteiger partial charge in [-0.15, -0.1) is 11.8 Å². The van der Waals surface area contributed by atoms with E-state index in [1.807, 2.05) is 12.1 Å². The highest BCUT2D eigenvalue weighted by molar-refractivity contribution is 7.99. The van der Waals surface area contributed by atoms with Crippen LogP contribution in [-0.4, -0.2) is 21.9 Å². The molecule has 14 heavy (non-hydrogen) atoms. The Hall–Kier alpha value is -0.780. The lowest BCUT2D eigenvalue weighted by Gasteiger charge is -2.09. The van der Waals surface area contributed by atoms with E-state index in [4.69, 9.17) is 10.9 Å². The predicted octanol–water partition coefficient (Wildman–Crippen LogP) is 1.23.